The molecule has 2 aromatic carbocycles. The Labute approximate surface area is 146 Å². The molecule has 0 spiro atoms. The lowest BCUT2D eigenvalue weighted by Gasteiger charge is -2.17. The number of nitrogens with one attached hydrogen (secondary N) is 1. The zero-order valence-corrected chi connectivity index (χ0v) is 14.3. The number of likely N-dealkylation sites (N-methyl/N-ethyl adjacent to an activating group) is 1. The van der Waals surface area contributed by atoms with Gasteiger partial charge in [-0.2, -0.15) is 0 Å². The second kappa shape index (κ2) is 8.36. The minimum Gasteiger partial charge on any atom is -0.484 e. The fourth-order valence-electron chi connectivity index (χ4n) is 2.05. The highest BCUT2D eigenvalue weighted by Gasteiger charge is 2.11. The number of hydrogen-bond acceptors (Lipinski definition) is 3. The molecule has 0 heterocycles. The zero-order valence-electron chi connectivity index (χ0n) is 13.6. The topological polar surface area (TPSA) is 58.6 Å². The Bertz CT molecular complexity index is 699. The molecular weight excluding hydrogens is 328 g/mol. The van der Waals surface area contributed by atoms with E-state index < -0.39 is 0 Å². The molecule has 126 valence electrons. The maximum Gasteiger partial charge on any atom is 0.260 e. The smallest absolute Gasteiger partial charge is 0.260 e. The van der Waals surface area contributed by atoms with Crippen molar-refractivity contribution in [2.45, 2.75) is 6.54 Å². The first-order chi connectivity index (χ1) is 11.5. The van der Waals surface area contributed by atoms with Gasteiger partial charge in [-0.3, -0.25) is 9.59 Å². The summed E-state index contributed by atoms with van der Waals surface area (Å²) in [5.74, 6) is 0.318. The van der Waals surface area contributed by atoms with Gasteiger partial charge in [-0.1, -0.05) is 23.7 Å². The number of amides is 2. The molecule has 0 fully saturated rings. The molecule has 0 aromatic heterocycles. The largest absolute Gasteiger partial charge is 0.484 e. The molecular formula is C18H19ClN2O3. The van der Waals surface area contributed by atoms with Crippen molar-refractivity contribution in [1.82, 2.24) is 10.2 Å². The van der Waals surface area contributed by atoms with Gasteiger partial charge in [-0.05, 0) is 42.0 Å². The van der Waals surface area contributed by atoms with E-state index in [9.17, 15) is 9.59 Å². The van der Waals surface area contributed by atoms with Crippen molar-refractivity contribution in [1.29, 1.82) is 0 Å². The second-order valence-electron chi connectivity index (χ2n) is 5.27. The summed E-state index contributed by atoms with van der Waals surface area (Å²) in [7, 11) is 3.30. The molecule has 0 unspecified atom stereocenters. The lowest BCUT2D eigenvalue weighted by molar-refractivity contribution is -0.132. The van der Waals surface area contributed by atoms with Crippen LogP contribution in [0.4, 0.5) is 0 Å². The van der Waals surface area contributed by atoms with Gasteiger partial charge in [-0.25, -0.2) is 0 Å². The highest BCUT2D eigenvalue weighted by atomic mass is 35.5. The summed E-state index contributed by atoms with van der Waals surface area (Å²) in [6.07, 6.45) is 0. The van der Waals surface area contributed by atoms with Crippen molar-refractivity contribution in [3.63, 3.8) is 0 Å². The summed E-state index contributed by atoms with van der Waals surface area (Å²) in [6.45, 7) is 0.394. The highest BCUT2D eigenvalue weighted by molar-refractivity contribution is 6.30. The third-order valence-electron chi connectivity index (χ3n) is 3.46. The Morgan fingerprint density at radius 1 is 1.08 bits per heavy atom. The molecule has 0 bridgehead atoms. The quantitative estimate of drug-likeness (QED) is 0.875. The average Bonchev–Trinajstić information content (AvgIpc) is 2.60. The molecule has 2 amide bonds. The van der Waals surface area contributed by atoms with Crippen LogP contribution in [-0.2, 0) is 11.3 Å². The Balaban J connectivity index is 1.86. The van der Waals surface area contributed by atoms with Gasteiger partial charge in [0.1, 0.15) is 5.75 Å². The van der Waals surface area contributed by atoms with Crippen LogP contribution in [0.3, 0.4) is 0 Å². The first-order valence-corrected chi connectivity index (χ1v) is 7.80. The van der Waals surface area contributed by atoms with Crippen LogP contribution in [-0.4, -0.2) is 37.4 Å². The summed E-state index contributed by atoms with van der Waals surface area (Å²) in [4.78, 5) is 25.2. The molecule has 2 aromatic rings. The minimum atomic E-state index is -0.139. The van der Waals surface area contributed by atoms with Gasteiger partial charge >= 0.3 is 0 Å². The number of ether oxygens (including phenoxy) is 1. The van der Waals surface area contributed by atoms with Gasteiger partial charge in [-0.15, -0.1) is 0 Å². The summed E-state index contributed by atoms with van der Waals surface area (Å²) >= 11 is 5.80. The SMILES string of the molecule is CNC(=O)c1ccc(CN(C)C(=O)COc2ccc(Cl)cc2)cc1. The monoisotopic (exact) mass is 346 g/mol. The summed E-state index contributed by atoms with van der Waals surface area (Å²) < 4.78 is 5.44. The molecule has 0 saturated heterocycles. The van der Waals surface area contributed by atoms with Crippen molar-refractivity contribution in [3.05, 3.63) is 64.7 Å². The molecule has 1 N–H and O–H groups in total. The number of hydrogen-bond donors (Lipinski definition) is 1. The third kappa shape index (κ3) is 4.99. The van der Waals surface area contributed by atoms with Crippen LogP contribution in [0, 0.1) is 0 Å². The van der Waals surface area contributed by atoms with E-state index in [1.807, 2.05) is 12.1 Å². The molecule has 0 saturated carbocycles. The van der Waals surface area contributed by atoms with Crippen LogP contribution in [0.15, 0.2) is 48.5 Å². The lowest BCUT2D eigenvalue weighted by atomic mass is 10.1. The van der Waals surface area contributed by atoms with E-state index >= 15 is 0 Å². The van der Waals surface area contributed by atoms with E-state index in [1.54, 1.807) is 55.4 Å². The van der Waals surface area contributed by atoms with E-state index in [1.165, 1.54) is 0 Å². The Kier molecular flexibility index (Phi) is 6.21. The first-order valence-electron chi connectivity index (χ1n) is 7.43. The zero-order chi connectivity index (χ0) is 17.5. The second-order valence-corrected chi connectivity index (χ2v) is 5.70. The van der Waals surface area contributed by atoms with E-state index in [0.717, 1.165) is 5.56 Å². The molecule has 2 rings (SSSR count). The number of rotatable bonds is 6. The minimum absolute atomic E-state index is 0.0472. The van der Waals surface area contributed by atoms with Gasteiger partial charge in [0.05, 0.1) is 0 Å². The van der Waals surface area contributed by atoms with Gasteiger partial charge in [0.15, 0.2) is 6.61 Å². The van der Waals surface area contributed by atoms with Gasteiger partial charge < -0.3 is 15.0 Å². The predicted molar refractivity (Wildman–Crippen MR) is 93.3 cm³/mol. The van der Waals surface area contributed by atoms with Crippen LogP contribution in [0.2, 0.25) is 5.02 Å². The van der Waals surface area contributed by atoms with Crippen LogP contribution in [0.5, 0.6) is 5.75 Å². The van der Waals surface area contributed by atoms with Crippen LogP contribution >= 0.6 is 11.6 Å². The highest BCUT2D eigenvalue weighted by Crippen LogP contribution is 2.15. The fourth-order valence-corrected chi connectivity index (χ4v) is 2.18. The molecule has 0 aliphatic carbocycles. The first kappa shape index (κ1) is 17.8. The maximum atomic E-state index is 12.1. The number of nitrogens with zero attached hydrogens (tertiary/aromatic N) is 1. The van der Waals surface area contributed by atoms with Crippen LogP contribution < -0.4 is 10.1 Å². The summed E-state index contributed by atoms with van der Waals surface area (Å²) in [5.41, 5.74) is 1.52. The predicted octanol–water partition coefficient (Wildman–Crippen LogP) is 2.74. The summed E-state index contributed by atoms with van der Waals surface area (Å²) in [6, 6.07) is 14.0. The van der Waals surface area contributed by atoms with E-state index in [-0.39, 0.29) is 18.4 Å². The van der Waals surface area contributed by atoms with Crippen LogP contribution in [0.1, 0.15) is 15.9 Å². The molecule has 0 aliphatic heterocycles. The van der Waals surface area contributed by atoms with Crippen molar-refractivity contribution < 1.29 is 14.3 Å². The Morgan fingerprint density at radius 3 is 2.29 bits per heavy atom. The maximum absolute atomic E-state index is 12.1. The van der Waals surface area contributed by atoms with E-state index in [2.05, 4.69) is 5.32 Å². The molecule has 0 radical (unpaired) electrons. The van der Waals surface area contributed by atoms with Crippen molar-refractivity contribution in [2.24, 2.45) is 0 Å². The van der Waals surface area contributed by atoms with E-state index in [0.29, 0.717) is 22.9 Å². The molecule has 0 aliphatic rings. The number of halogens is 1. The molecule has 0 atom stereocenters. The standard InChI is InChI=1S/C18H19ClN2O3/c1-20-18(23)14-5-3-13(4-6-14)11-21(2)17(22)12-24-16-9-7-15(19)8-10-16/h3-10H,11-12H2,1-2H3,(H,20,23). The molecule has 5 nitrogen and oxygen atoms in total. The molecule has 6 heteroatoms. The third-order valence-corrected chi connectivity index (χ3v) is 3.72. The Morgan fingerprint density at radius 2 is 1.71 bits per heavy atom. The van der Waals surface area contributed by atoms with Gasteiger partial charge in [0, 0.05) is 31.2 Å². The van der Waals surface area contributed by atoms with Gasteiger partial charge in [0.25, 0.3) is 11.8 Å². The van der Waals surface area contributed by atoms with Crippen molar-refractivity contribution in [3.8, 4) is 5.75 Å². The van der Waals surface area contributed by atoms with Crippen LogP contribution in [0.25, 0.3) is 0 Å². The molecule has 24 heavy (non-hydrogen) atoms. The van der Waals surface area contributed by atoms with Crippen molar-refractivity contribution >= 4 is 23.4 Å². The summed E-state index contributed by atoms with van der Waals surface area (Å²) in [5, 5.41) is 3.18. The fraction of sp³-hybridized carbons (Fsp3) is 0.222. The normalized spacial score (nSPS) is 10.1. The van der Waals surface area contributed by atoms with E-state index in [4.69, 9.17) is 16.3 Å². The lowest BCUT2D eigenvalue weighted by Crippen LogP contribution is -2.31. The average molecular weight is 347 g/mol. The van der Waals surface area contributed by atoms with Gasteiger partial charge in [0.2, 0.25) is 0 Å². The Hall–Kier alpha value is -2.53. The van der Waals surface area contributed by atoms with Crippen molar-refractivity contribution in [2.75, 3.05) is 20.7 Å². The number of benzene rings is 2. The number of carbonyl (C=O) groups excluding carboxylic acids is 2. The number of carbonyl (C=O) groups is 2.